The molecule has 2 rings (SSSR count). The molecule has 1 unspecified atom stereocenters. The summed E-state index contributed by atoms with van der Waals surface area (Å²) in [5, 5.41) is 5.66. The number of nitrogens with one attached hydrogen (secondary N) is 1. The van der Waals surface area contributed by atoms with E-state index in [1.54, 1.807) is 0 Å². The lowest BCUT2D eigenvalue weighted by Gasteiger charge is -2.29. The van der Waals surface area contributed by atoms with E-state index in [4.69, 9.17) is 0 Å². The minimum atomic E-state index is 0.589. The third-order valence-corrected chi connectivity index (χ3v) is 4.28. The molecule has 14 heavy (non-hydrogen) atoms. The van der Waals surface area contributed by atoms with Crippen LogP contribution in [0.3, 0.4) is 0 Å². The normalized spacial score (nSPS) is 19.3. The summed E-state index contributed by atoms with van der Waals surface area (Å²) in [4.78, 5) is 1.48. The number of thiophene rings is 1. The first kappa shape index (κ1) is 10.2. The van der Waals surface area contributed by atoms with Crippen LogP contribution in [-0.4, -0.2) is 7.05 Å². The van der Waals surface area contributed by atoms with Crippen molar-refractivity contribution in [1.82, 2.24) is 5.32 Å². The molecule has 2 heteroatoms. The lowest BCUT2D eigenvalue weighted by atomic mass is 9.80. The monoisotopic (exact) mass is 209 g/mol. The zero-order valence-electron chi connectivity index (χ0n) is 9.05. The predicted octanol–water partition coefficient (Wildman–Crippen LogP) is 3.51. The van der Waals surface area contributed by atoms with Gasteiger partial charge in [-0.2, -0.15) is 0 Å². The van der Waals surface area contributed by atoms with Crippen LogP contribution in [0.1, 0.15) is 42.2 Å². The molecule has 0 saturated heterocycles. The fourth-order valence-electron chi connectivity index (χ4n) is 2.22. The van der Waals surface area contributed by atoms with Crippen LogP contribution in [0.2, 0.25) is 0 Å². The molecule has 1 aliphatic carbocycles. The van der Waals surface area contributed by atoms with E-state index < -0.39 is 0 Å². The summed E-state index contributed by atoms with van der Waals surface area (Å²) in [6, 6.07) is 2.87. The van der Waals surface area contributed by atoms with Gasteiger partial charge in [-0.15, -0.1) is 11.3 Å². The van der Waals surface area contributed by atoms with E-state index in [1.165, 1.54) is 36.1 Å². The van der Waals surface area contributed by atoms with Crippen LogP contribution >= 0.6 is 11.3 Å². The molecule has 0 aliphatic heterocycles. The maximum atomic E-state index is 3.45. The van der Waals surface area contributed by atoms with Crippen LogP contribution < -0.4 is 5.32 Å². The van der Waals surface area contributed by atoms with E-state index in [0.717, 1.165) is 5.92 Å². The third-order valence-electron chi connectivity index (χ3n) is 3.42. The zero-order chi connectivity index (χ0) is 9.97. The summed E-state index contributed by atoms with van der Waals surface area (Å²) in [5.74, 6) is 0.978. The van der Waals surface area contributed by atoms with E-state index in [-0.39, 0.29) is 0 Å². The van der Waals surface area contributed by atoms with Crippen molar-refractivity contribution in [1.29, 1.82) is 0 Å². The Morgan fingerprint density at radius 3 is 2.79 bits per heavy atom. The first-order valence-electron chi connectivity index (χ1n) is 5.52. The van der Waals surface area contributed by atoms with Crippen molar-refractivity contribution in [2.24, 2.45) is 5.92 Å². The van der Waals surface area contributed by atoms with Gasteiger partial charge in [-0.25, -0.2) is 0 Å². The lowest BCUT2D eigenvalue weighted by molar-refractivity contribution is 0.265. The number of hydrogen-bond acceptors (Lipinski definition) is 2. The first-order chi connectivity index (χ1) is 6.81. The molecule has 0 radical (unpaired) electrons. The summed E-state index contributed by atoms with van der Waals surface area (Å²) < 4.78 is 0. The van der Waals surface area contributed by atoms with E-state index in [2.05, 4.69) is 30.7 Å². The molecule has 0 bridgehead atoms. The van der Waals surface area contributed by atoms with Crippen molar-refractivity contribution >= 4 is 11.3 Å². The second kappa shape index (κ2) is 4.45. The quantitative estimate of drug-likeness (QED) is 0.800. The molecule has 1 aromatic rings. The Bertz CT molecular complexity index is 288. The fraction of sp³-hybridized carbons (Fsp3) is 0.667. The van der Waals surface area contributed by atoms with Crippen molar-refractivity contribution in [3.8, 4) is 0 Å². The molecule has 0 amide bonds. The minimum absolute atomic E-state index is 0.589. The van der Waals surface area contributed by atoms with Gasteiger partial charge in [0.1, 0.15) is 0 Å². The van der Waals surface area contributed by atoms with E-state index in [0.29, 0.717) is 6.04 Å². The van der Waals surface area contributed by atoms with Crippen molar-refractivity contribution in [2.75, 3.05) is 7.05 Å². The molecular weight excluding hydrogens is 190 g/mol. The highest BCUT2D eigenvalue weighted by Gasteiger charge is 2.23. The predicted molar refractivity (Wildman–Crippen MR) is 62.8 cm³/mol. The van der Waals surface area contributed by atoms with E-state index in [9.17, 15) is 0 Å². The van der Waals surface area contributed by atoms with Gasteiger partial charge in [0, 0.05) is 10.9 Å². The summed E-state index contributed by atoms with van der Waals surface area (Å²) in [6.07, 6.45) is 5.67. The van der Waals surface area contributed by atoms with Gasteiger partial charge < -0.3 is 5.32 Å². The average Bonchev–Trinajstić information content (AvgIpc) is 2.51. The highest BCUT2D eigenvalue weighted by molar-refractivity contribution is 7.10. The molecule has 0 aromatic carbocycles. The van der Waals surface area contributed by atoms with Crippen molar-refractivity contribution < 1.29 is 0 Å². The molecule has 1 aromatic heterocycles. The van der Waals surface area contributed by atoms with Gasteiger partial charge in [0.15, 0.2) is 0 Å². The Labute approximate surface area is 90.5 Å². The fourth-order valence-corrected chi connectivity index (χ4v) is 2.98. The second-order valence-electron chi connectivity index (χ2n) is 4.31. The summed E-state index contributed by atoms with van der Waals surface area (Å²) in [5.41, 5.74) is 1.52. The molecule has 78 valence electrons. The van der Waals surface area contributed by atoms with Crippen LogP contribution in [0.4, 0.5) is 0 Å². The van der Waals surface area contributed by atoms with Gasteiger partial charge in [0.25, 0.3) is 0 Å². The minimum Gasteiger partial charge on any atom is -0.313 e. The molecule has 1 aliphatic rings. The van der Waals surface area contributed by atoms with Gasteiger partial charge in [-0.3, -0.25) is 0 Å². The standard InChI is InChI=1S/C12H19NS/c1-9-11(6-7-14-9)12(13-2)8-10-4-3-5-10/h6-7,10,12-13H,3-5,8H2,1-2H3. The maximum Gasteiger partial charge on any atom is 0.0331 e. The zero-order valence-corrected chi connectivity index (χ0v) is 9.86. The third kappa shape index (κ3) is 2.01. The number of hydrogen-bond donors (Lipinski definition) is 1. The largest absolute Gasteiger partial charge is 0.313 e. The molecule has 1 fully saturated rings. The molecule has 1 heterocycles. The van der Waals surface area contributed by atoms with Gasteiger partial charge in [-0.05, 0) is 43.3 Å². The highest BCUT2D eigenvalue weighted by Crippen LogP contribution is 2.36. The summed E-state index contributed by atoms with van der Waals surface area (Å²) >= 11 is 1.86. The van der Waals surface area contributed by atoms with E-state index in [1.807, 2.05) is 11.3 Å². The highest BCUT2D eigenvalue weighted by atomic mass is 32.1. The lowest BCUT2D eigenvalue weighted by Crippen LogP contribution is -2.23. The van der Waals surface area contributed by atoms with Gasteiger partial charge in [0.05, 0.1) is 0 Å². The average molecular weight is 209 g/mol. The molecule has 0 spiro atoms. The smallest absolute Gasteiger partial charge is 0.0331 e. The van der Waals surface area contributed by atoms with Crippen LogP contribution in [0.15, 0.2) is 11.4 Å². The Kier molecular flexibility index (Phi) is 3.24. The Morgan fingerprint density at radius 1 is 1.57 bits per heavy atom. The Morgan fingerprint density at radius 2 is 2.36 bits per heavy atom. The molecule has 1 N–H and O–H groups in total. The Hall–Kier alpha value is -0.340. The maximum absolute atomic E-state index is 3.45. The summed E-state index contributed by atoms with van der Waals surface area (Å²) in [7, 11) is 2.08. The van der Waals surface area contributed by atoms with Crippen LogP contribution in [0.5, 0.6) is 0 Å². The first-order valence-corrected chi connectivity index (χ1v) is 6.40. The van der Waals surface area contributed by atoms with Crippen molar-refractivity contribution in [2.45, 2.75) is 38.6 Å². The van der Waals surface area contributed by atoms with Crippen LogP contribution in [0, 0.1) is 12.8 Å². The Balaban J connectivity index is 2.01. The topological polar surface area (TPSA) is 12.0 Å². The van der Waals surface area contributed by atoms with Gasteiger partial charge in [-0.1, -0.05) is 19.3 Å². The van der Waals surface area contributed by atoms with E-state index >= 15 is 0 Å². The van der Waals surface area contributed by atoms with Crippen LogP contribution in [-0.2, 0) is 0 Å². The molecular formula is C12H19NS. The van der Waals surface area contributed by atoms with Gasteiger partial charge >= 0.3 is 0 Å². The second-order valence-corrected chi connectivity index (χ2v) is 5.43. The molecule has 1 saturated carbocycles. The molecule has 1 nitrogen and oxygen atoms in total. The number of aryl methyl sites for hydroxylation is 1. The summed E-state index contributed by atoms with van der Waals surface area (Å²) in [6.45, 7) is 2.23. The SMILES string of the molecule is CNC(CC1CCC1)c1ccsc1C. The van der Waals surface area contributed by atoms with Crippen LogP contribution in [0.25, 0.3) is 0 Å². The van der Waals surface area contributed by atoms with Crippen molar-refractivity contribution in [3.05, 3.63) is 21.9 Å². The number of rotatable bonds is 4. The van der Waals surface area contributed by atoms with Gasteiger partial charge in [0.2, 0.25) is 0 Å². The molecule has 1 atom stereocenters. The van der Waals surface area contributed by atoms with Crippen molar-refractivity contribution in [3.63, 3.8) is 0 Å².